The van der Waals surface area contributed by atoms with Crippen LogP contribution in [-0.4, -0.2) is 28.3 Å². The zero-order chi connectivity index (χ0) is 20.5. The second-order valence-corrected chi connectivity index (χ2v) is 7.62. The van der Waals surface area contributed by atoms with E-state index >= 15 is 0 Å². The molecule has 6 nitrogen and oxygen atoms in total. The summed E-state index contributed by atoms with van der Waals surface area (Å²) >= 11 is 1.33. The van der Waals surface area contributed by atoms with Gasteiger partial charge < -0.3 is 10.1 Å². The van der Waals surface area contributed by atoms with Crippen LogP contribution in [0.3, 0.4) is 0 Å². The van der Waals surface area contributed by atoms with Crippen LogP contribution < -0.4 is 5.32 Å². The van der Waals surface area contributed by atoms with Crippen molar-refractivity contribution in [1.82, 2.24) is 9.78 Å². The van der Waals surface area contributed by atoms with E-state index < -0.39 is 23.7 Å². The Kier molecular flexibility index (Phi) is 5.78. The van der Waals surface area contributed by atoms with E-state index in [0.717, 1.165) is 46.9 Å². The van der Waals surface area contributed by atoms with E-state index in [1.54, 1.807) is 6.92 Å². The van der Waals surface area contributed by atoms with Crippen LogP contribution in [0.15, 0.2) is 6.07 Å². The molecular weight excluding hydrogens is 395 g/mol. The van der Waals surface area contributed by atoms with Gasteiger partial charge in [0.15, 0.2) is 5.69 Å². The maximum absolute atomic E-state index is 12.8. The number of aryl methyl sites for hydroxylation is 2. The van der Waals surface area contributed by atoms with Gasteiger partial charge in [-0.3, -0.25) is 9.48 Å². The minimum atomic E-state index is -4.57. The van der Waals surface area contributed by atoms with Gasteiger partial charge in [-0.05, 0) is 51.2 Å². The number of halogens is 3. The first-order chi connectivity index (χ1) is 13.2. The van der Waals surface area contributed by atoms with Crippen LogP contribution in [-0.2, 0) is 35.1 Å². The molecule has 2 heterocycles. The Balaban J connectivity index is 1.82. The van der Waals surface area contributed by atoms with Crippen molar-refractivity contribution in [2.45, 2.75) is 52.3 Å². The number of nitrogens with one attached hydrogen (secondary N) is 1. The maximum Gasteiger partial charge on any atom is 0.435 e. The molecule has 0 aromatic carbocycles. The molecule has 0 saturated heterocycles. The van der Waals surface area contributed by atoms with E-state index in [-0.39, 0.29) is 18.8 Å². The molecule has 2 aromatic rings. The summed E-state index contributed by atoms with van der Waals surface area (Å²) in [5.74, 6) is -1.05. The number of nitrogens with zero attached hydrogens (tertiary/aromatic N) is 2. The van der Waals surface area contributed by atoms with Crippen LogP contribution in [0.1, 0.15) is 52.0 Å². The molecule has 1 aliphatic rings. The molecule has 28 heavy (non-hydrogen) atoms. The molecule has 0 bridgehead atoms. The monoisotopic (exact) mass is 415 g/mol. The Morgan fingerprint density at radius 1 is 1.32 bits per heavy atom. The number of hydrogen-bond donors (Lipinski definition) is 1. The van der Waals surface area contributed by atoms with Crippen molar-refractivity contribution in [1.29, 1.82) is 0 Å². The summed E-state index contributed by atoms with van der Waals surface area (Å²) in [5.41, 5.74) is 0.442. The minimum absolute atomic E-state index is 0.212. The van der Waals surface area contributed by atoms with Crippen molar-refractivity contribution < 1.29 is 27.5 Å². The predicted molar refractivity (Wildman–Crippen MR) is 97.5 cm³/mol. The average Bonchev–Trinajstić information content (AvgIpc) is 3.15. The highest BCUT2D eigenvalue weighted by molar-refractivity contribution is 7.17. The van der Waals surface area contributed by atoms with Crippen LogP contribution >= 0.6 is 11.3 Å². The molecule has 1 amide bonds. The summed E-state index contributed by atoms with van der Waals surface area (Å²) in [6.45, 7) is 2.98. The summed E-state index contributed by atoms with van der Waals surface area (Å²) in [7, 11) is 0. The smallest absolute Gasteiger partial charge is 0.435 e. The lowest BCUT2D eigenvalue weighted by Gasteiger charge is -2.12. The molecule has 10 heteroatoms. The summed E-state index contributed by atoms with van der Waals surface area (Å²) in [6.07, 6.45) is -1.04. The van der Waals surface area contributed by atoms with E-state index in [2.05, 4.69) is 10.4 Å². The number of rotatable bonds is 5. The Hall–Kier alpha value is -2.36. The van der Waals surface area contributed by atoms with Crippen LogP contribution in [0.2, 0.25) is 0 Å². The summed E-state index contributed by atoms with van der Waals surface area (Å²) in [4.78, 5) is 25.9. The van der Waals surface area contributed by atoms with Gasteiger partial charge in [-0.25, -0.2) is 4.79 Å². The molecule has 0 radical (unpaired) electrons. The molecule has 0 atom stereocenters. The molecule has 3 rings (SSSR count). The number of ether oxygens (including phenoxy) is 1. The van der Waals surface area contributed by atoms with Crippen LogP contribution in [0, 0.1) is 6.92 Å². The Morgan fingerprint density at radius 2 is 2.04 bits per heavy atom. The van der Waals surface area contributed by atoms with Crippen molar-refractivity contribution >= 4 is 28.2 Å². The van der Waals surface area contributed by atoms with Gasteiger partial charge in [0.2, 0.25) is 5.91 Å². The van der Waals surface area contributed by atoms with Crippen LogP contribution in [0.4, 0.5) is 18.2 Å². The topological polar surface area (TPSA) is 73.2 Å². The third kappa shape index (κ3) is 4.21. The van der Waals surface area contributed by atoms with Crippen molar-refractivity contribution in [3.8, 4) is 0 Å². The number of hydrogen-bond acceptors (Lipinski definition) is 5. The summed E-state index contributed by atoms with van der Waals surface area (Å²) in [5, 5.41) is 6.51. The second kappa shape index (κ2) is 7.94. The average molecular weight is 415 g/mol. The molecule has 1 aliphatic carbocycles. The Morgan fingerprint density at radius 3 is 2.68 bits per heavy atom. The summed E-state index contributed by atoms with van der Waals surface area (Å²) in [6, 6.07) is 0.890. The lowest BCUT2D eigenvalue weighted by atomic mass is 9.95. The van der Waals surface area contributed by atoms with Gasteiger partial charge in [-0.2, -0.15) is 18.3 Å². The van der Waals surface area contributed by atoms with Gasteiger partial charge >= 0.3 is 12.1 Å². The highest BCUT2D eigenvalue weighted by atomic mass is 32.1. The van der Waals surface area contributed by atoms with E-state index in [1.807, 2.05) is 0 Å². The number of esters is 1. The standard InChI is InChI=1S/C18H20F3N3O3S/c1-3-27-17(26)15-11-6-4-5-7-12(11)28-16(15)22-14(25)9-24-10(2)8-13(23-24)18(19,20)21/h8H,3-7,9H2,1-2H3,(H,22,25). The predicted octanol–water partition coefficient (Wildman–Crippen LogP) is 3.97. The molecule has 2 aromatic heterocycles. The number of carbonyl (C=O) groups is 2. The van der Waals surface area contributed by atoms with Gasteiger partial charge in [0, 0.05) is 10.6 Å². The summed E-state index contributed by atoms with van der Waals surface area (Å²) < 4.78 is 44.5. The maximum atomic E-state index is 12.8. The molecular formula is C18H20F3N3O3S. The highest BCUT2D eigenvalue weighted by Crippen LogP contribution is 2.38. The number of thiophene rings is 1. The zero-order valence-corrected chi connectivity index (χ0v) is 16.3. The first-order valence-electron chi connectivity index (χ1n) is 8.93. The Bertz CT molecular complexity index is 902. The van der Waals surface area contributed by atoms with E-state index in [1.165, 1.54) is 18.3 Å². The molecule has 0 aliphatic heterocycles. The highest BCUT2D eigenvalue weighted by Gasteiger charge is 2.34. The van der Waals surface area contributed by atoms with Crippen molar-refractivity contribution in [2.75, 3.05) is 11.9 Å². The third-order valence-corrected chi connectivity index (χ3v) is 5.68. The largest absolute Gasteiger partial charge is 0.462 e. The number of carbonyl (C=O) groups excluding carboxylic acids is 2. The third-order valence-electron chi connectivity index (χ3n) is 4.47. The lowest BCUT2D eigenvalue weighted by Crippen LogP contribution is -2.22. The molecule has 152 valence electrons. The SMILES string of the molecule is CCOC(=O)c1c(NC(=O)Cn2nc(C(F)(F)F)cc2C)sc2c1CCCC2. The lowest BCUT2D eigenvalue weighted by molar-refractivity contribution is -0.141. The number of alkyl halides is 3. The van der Waals surface area contributed by atoms with Crippen LogP contribution in [0.5, 0.6) is 0 Å². The molecule has 0 unspecified atom stereocenters. The fourth-order valence-corrected chi connectivity index (χ4v) is 4.48. The molecule has 1 N–H and O–H groups in total. The minimum Gasteiger partial charge on any atom is -0.462 e. The number of fused-ring (bicyclic) bond motifs is 1. The number of anilines is 1. The first-order valence-corrected chi connectivity index (χ1v) is 9.75. The van der Waals surface area contributed by atoms with Crippen LogP contribution in [0.25, 0.3) is 0 Å². The van der Waals surface area contributed by atoms with Gasteiger partial charge in [-0.1, -0.05) is 0 Å². The Labute approximate surface area is 163 Å². The normalized spacial score (nSPS) is 13.9. The van der Waals surface area contributed by atoms with E-state index in [4.69, 9.17) is 4.74 Å². The second-order valence-electron chi connectivity index (χ2n) is 6.51. The molecule has 0 spiro atoms. The first kappa shape index (κ1) is 20.4. The molecule has 0 saturated carbocycles. The van der Waals surface area contributed by atoms with Gasteiger partial charge in [0.05, 0.1) is 12.2 Å². The van der Waals surface area contributed by atoms with Gasteiger partial charge in [0.25, 0.3) is 0 Å². The number of aromatic nitrogens is 2. The van der Waals surface area contributed by atoms with Crippen molar-refractivity contribution in [3.05, 3.63) is 33.5 Å². The van der Waals surface area contributed by atoms with Crippen molar-refractivity contribution in [2.24, 2.45) is 0 Å². The van der Waals surface area contributed by atoms with E-state index in [9.17, 15) is 22.8 Å². The number of amides is 1. The molecule has 0 fully saturated rings. The van der Waals surface area contributed by atoms with Gasteiger partial charge in [0.1, 0.15) is 11.5 Å². The fraction of sp³-hybridized carbons (Fsp3) is 0.500. The van der Waals surface area contributed by atoms with Crippen molar-refractivity contribution in [3.63, 3.8) is 0 Å². The van der Waals surface area contributed by atoms with E-state index in [0.29, 0.717) is 10.6 Å². The zero-order valence-electron chi connectivity index (χ0n) is 15.5. The fourth-order valence-electron chi connectivity index (χ4n) is 3.18. The van der Waals surface area contributed by atoms with Gasteiger partial charge in [-0.15, -0.1) is 11.3 Å². The quantitative estimate of drug-likeness (QED) is 0.750.